The average Bonchev–Trinajstić information content (AvgIpc) is 2.44. The van der Waals surface area contributed by atoms with E-state index in [1.54, 1.807) is 23.1 Å². The van der Waals surface area contributed by atoms with E-state index in [1.165, 1.54) is 6.07 Å². The zero-order chi connectivity index (χ0) is 15.1. The Morgan fingerprint density at radius 2 is 1.95 bits per heavy atom. The third-order valence-corrected chi connectivity index (χ3v) is 3.30. The van der Waals surface area contributed by atoms with Gasteiger partial charge in [-0.1, -0.05) is 32.4 Å². The predicted octanol–water partition coefficient (Wildman–Crippen LogP) is 3.28. The lowest BCUT2D eigenvalue weighted by molar-refractivity contribution is 0.0698. The number of carbonyl (C=O) groups is 2. The zero-order valence-electron chi connectivity index (χ0n) is 12.2. The van der Waals surface area contributed by atoms with Crippen molar-refractivity contribution >= 4 is 17.7 Å². The van der Waals surface area contributed by atoms with Gasteiger partial charge in [-0.25, -0.2) is 9.59 Å². The molecule has 5 heteroatoms. The molecule has 0 spiro atoms. The molecule has 1 rings (SSSR count). The fraction of sp³-hybridized carbons (Fsp3) is 0.467. The first-order chi connectivity index (χ1) is 9.49. The lowest BCUT2D eigenvalue weighted by Gasteiger charge is -2.24. The van der Waals surface area contributed by atoms with Gasteiger partial charge in [0, 0.05) is 13.1 Å². The Kier molecular flexibility index (Phi) is 6.03. The molecule has 0 saturated heterocycles. The van der Waals surface area contributed by atoms with Gasteiger partial charge in [0.1, 0.15) is 0 Å². The molecule has 110 valence electrons. The lowest BCUT2D eigenvalue weighted by atomic mass is 10.1. The van der Waals surface area contributed by atoms with Crippen molar-refractivity contribution in [2.24, 2.45) is 5.92 Å². The maximum absolute atomic E-state index is 12.2. The summed E-state index contributed by atoms with van der Waals surface area (Å²) in [6.07, 6.45) is 0.996. The van der Waals surface area contributed by atoms with Crippen molar-refractivity contribution < 1.29 is 14.7 Å². The van der Waals surface area contributed by atoms with E-state index in [0.717, 1.165) is 6.42 Å². The molecule has 5 nitrogen and oxygen atoms in total. The number of hydrogen-bond donors (Lipinski definition) is 2. The standard InChI is InChI=1S/C15H22N2O3/c1-4-11(3)10-17(5-2)15(20)16-13-9-7-6-8-12(13)14(18)19/h6-9,11H,4-5,10H2,1-3H3,(H,16,20)(H,18,19). The van der Waals surface area contributed by atoms with Crippen molar-refractivity contribution in [1.29, 1.82) is 0 Å². The van der Waals surface area contributed by atoms with Gasteiger partial charge >= 0.3 is 12.0 Å². The monoisotopic (exact) mass is 278 g/mol. The van der Waals surface area contributed by atoms with Crippen LogP contribution in [0.2, 0.25) is 0 Å². The van der Waals surface area contributed by atoms with Gasteiger partial charge in [0.25, 0.3) is 0 Å². The van der Waals surface area contributed by atoms with Gasteiger partial charge in [0.05, 0.1) is 11.3 Å². The molecule has 0 saturated carbocycles. The van der Waals surface area contributed by atoms with Crippen LogP contribution in [0.4, 0.5) is 10.5 Å². The summed E-state index contributed by atoms with van der Waals surface area (Å²) in [6.45, 7) is 7.32. The number of carbonyl (C=O) groups excluding carboxylic acids is 1. The molecular weight excluding hydrogens is 256 g/mol. The molecule has 0 aliphatic heterocycles. The van der Waals surface area contributed by atoms with Crippen LogP contribution in [0.25, 0.3) is 0 Å². The van der Waals surface area contributed by atoms with Gasteiger partial charge in [-0.3, -0.25) is 0 Å². The molecular formula is C15H22N2O3. The number of para-hydroxylation sites is 1. The number of anilines is 1. The van der Waals surface area contributed by atoms with E-state index in [2.05, 4.69) is 19.2 Å². The van der Waals surface area contributed by atoms with E-state index < -0.39 is 5.97 Å². The fourth-order valence-corrected chi connectivity index (χ4v) is 1.83. The number of aromatic carboxylic acids is 1. The minimum absolute atomic E-state index is 0.0976. The van der Waals surface area contributed by atoms with Gasteiger partial charge < -0.3 is 15.3 Å². The highest BCUT2D eigenvalue weighted by Gasteiger charge is 2.17. The second kappa shape index (κ2) is 7.53. The van der Waals surface area contributed by atoms with Gasteiger partial charge in [-0.05, 0) is 25.0 Å². The van der Waals surface area contributed by atoms with Crippen molar-refractivity contribution in [3.8, 4) is 0 Å². The summed E-state index contributed by atoms with van der Waals surface area (Å²) in [6, 6.07) is 6.14. The zero-order valence-corrected chi connectivity index (χ0v) is 12.2. The molecule has 1 atom stereocenters. The number of carboxylic acids is 1. The topological polar surface area (TPSA) is 69.6 Å². The molecule has 20 heavy (non-hydrogen) atoms. The SMILES string of the molecule is CCC(C)CN(CC)C(=O)Nc1ccccc1C(=O)O. The van der Waals surface area contributed by atoms with Gasteiger partial charge in [-0.2, -0.15) is 0 Å². The summed E-state index contributed by atoms with van der Waals surface area (Å²) >= 11 is 0. The number of hydrogen-bond acceptors (Lipinski definition) is 2. The first kappa shape index (κ1) is 16.0. The Bertz CT molecular complexity index is 474. The molecule has 0 heterocycles. The Hall–Kier alpha value is -2.04. The molecule has 0 aliphatic carbocycles. The van der Waals surface area contributed by atoms with Crippen LogP contribution in [0.3, 0.4) is 0 Å². The molecule has 2 N–H and O–H groups in total. The molecule has 0 fully saturated rings. The van der Waals surface area contributed by atoms with Crippen LogP contribution in [0.1, 0.15) is 37.6 Å². The third kappa shape index (κ3) is 4.26. The van der Waals surface area contributed by atoms with Gasteiger partial charge in [0.15, 0.2) is 0 Å². The van der Waals surface area contributed by atoms with Crippen LogP contribution in [0.15, 0.2) is 24.3 Å². The summed E-state index contributed by atoms with van der Waals surface area (Å²) in [5, 5.41) is 11.8. The summed E-state index contributed by atoms with van der Waals surface area (Å²) in [7, 11) is 0. The molecule has 0 aliphatic rings. The van der Waals surface area contributed by atoms with E-state index in [9.17, 15) is 9.59 Å². The van der Waals surface area contributed by atoms with Crippen LogP contribution in [-0.2, 0) is 0 Å². The van der Waals surface area contributed by atoms with Crippen molar-refractivity contribution in [2.75, 3.05) is 18.4 Å². The van der Waals surface area contributed by atoms with Crippen LogP contribution >= 0.6 is 0 Å². The summed E-state index contributed by atoms with van der Waals surface area (Å²) < 4.78 is 0. The average molecular weight is 278 g/mol. The third-order valence-electron chi connectivity index (χ3n) is 3.30. The summed E-state index contributed by atoms with van der Waals surface area (Å²) in [4.78, 5) is 25.0. The Labute approximate surface area is 119 Å². The van der Waals surface area contributed by atoms with Crippen molar-refractivity contribution in [3.63, 3.8) is 0 Å². The summed E-state index contributed by atoms with van der Waals surface area (Å²) in [5.74, 6) is -0.638. The van der Waals surface area contributed by atoms with Gasteiger partial charge in [-0.15, -0.1) is 0 Å². The quantitative estimate of drug-likeness (QED) is 0.839. The van der Waals surface area contributed by atoms with Crippen LogP contribution in [0, 0.1) is 5.92 Å². The minimum Gasteiger partial charge on any atom is -0.478 e. The highest BCUT2D eigenvalue weighted by molar-refractivity contribution is 5.99. The molecule has 2 amide bonds. The normalized spacial score (nSPS) is 11.8. The smallest absolute Gasteiger partial charge is 0.337 e. The Morgan fingerprint density at radius 3 is 2.50 bits per heavy atom. The predicted molar refractivity (Wildman–Crippen MR) is 79.1 cm³/mol. The Balaban J connectivity index is 2.81. The highest BCUT2D eigenvalue weighted by Crippen LogP contribution is 2.16. The van der Waals surface area contributed by atoms with Crippen LogP contribution in [0.5, 0.6) is 0 Å². The summed E-state index contributed by atoms with van der Waals surface area (Å²) in [5.41, 5.74) is 0.424. The second-order valence-electron chi connectivity index (χ2n) is 4.83. The maximum atomic E-state index is 12.2. The number of benzene rings is 1. The molecule has 1 aromatic rings. The van der Waals surface area contributed by atoms with E-state index in [-0.39, 0.29) is 11.6 Å². The van der Waals surface area contributed by atoms with Crippen molar-refractivity contribution in [3.05, 3.63) is 29.8 Å². The van der Waals surface area contributed by atoms with Crippen molar-refractivity contribution in [1.82, 2.24) is 4.90 Å². The second-order valence-corrected chi connectivity index (χ2v) is 4.83. The minimum atomic E-state index is -1.05. The Morgan fingerprint density at radius 1 is 1.30 bits per heavy atom. The number of nitrogens with zero attached hydrogens (tertiary/aromatic N) is 1. The lowest BCUT2D eigenvalue weighted by Crippen LogP contribution is -2.38. The van der Waals surface area contributed by atoms with Crippen LogP contribution in [-0.4, -0.2) is 35.1 Å². The van der Waals surface area contributed by atoms with E-state index in [1.807, 2.05) is 6.92 Å². The van der Waals surface area contributed by atoms with Crippen LogP contribution < -0.4 is 5.32 Å². The van der Waals surface area contributed by atoms with Gasteiger partial charge in [0.2, 0.25) is 0 Å². The largest absolute Gasteiger partial charge is 0.478 e. The number of amides is 2. The first-order valence-electron chi connectivity index (χ1n) is 6.87. The fourth-order valence-electron chi connectivity index (χ4n) is 1.83. The molecule has 0 radical (unpaired) electrons. The van der Waals surface area contributed by atoms with Crippen molar-refractivity contribution in [2.45, 2.75) is 27.2 Å². The van der Waals surface area contributed by atoms with E-state index in [0.29, 0.717) is 24.7 Å². The first-order valence-corrected chi connectivity index (χ1v) is 6.87. The number of urea groups is 1. The number of nitrogens with one attached hydrogen (secondary N) is 1. The van der Waals surface area contributed by atoms with E-state index in [4.69, 9.17) is 5.11 Å². The molecule has 0 bridgehead atoms. The van der Waals surface area contributed by atoms with E-state index >= 15 is 0 Å². The molecule has 0 aromatic heterocycles. The maximum Gasteiger partial charge on any atom is 0.337 e. The highest BCUT2D eigenvalue weighted by atomic mass is 16.4. The molecule has 1 aromatic carbocycles. The number of rotatable bonds is 6. The number of carboxylic acid groups (broad SMARTS) is 1. The molecule has 1 unspecified atom stereocenters.